The minimum Gasteiger partial charge on any atom is -0.470 e. The normalized spacial score (nSPS) is 14.5. The molecule has 0 saturated carbocycles. The second-order valence-electron chi connectivity index (χ2n) is 6.48. The predicted molar refractivity (Wildman–Crippen MR) is 106 cm³/mol. The fourth-order valence-corrected chi connectivity index (χ4v) is 3.63. The number of rotatable bonds is 5. The summed E-state index contributed by atoms with van der Waals surface area (Å²) in [6.45, 7) is 6.38. The van der Waals surface area contributed by atoms with Gasteiger partial charge in [0.25, 0.3) is 5.88 Å². The molecule has 6 heteroatoms. The van der Waals surface area contributed by atoms with Crippen LogP contribution in [0.3, 0.4) is 0 Å². The van der Waals surface area contributed by atoms with E-state index in [0.717, 1.165) is 37.6 Å². The highest BCUT2D eigenvalue weighted by Crippen LogP contribution is 2.28. The van der Waals surface area contributed by atoms with Gasteiger partial charge in [-0.3, -0.25) is 0 Å². The van der Waals surface area contributed by atoms with Crippen LogP contribution in [0.1, 0.15) is 11.1 Å². The molecule has 4 rings (SSSR count). The van der Waals surface area contributed by atoms with Crippen molar-refractivity contribution < 1.29 is 4.74 Å². The summed E-state index contributed by atoms with van der Waals surface area (Å²) in [6.07, 6.45) is 0. The van der Waals surface area contributed by atoms with E-state index in [1.807, 2.05) is 0 Å². The van der Waals surface area contributed by atoms with Gasteiger partial charge in [-0.2, -0.15) is 4.37 Å². The fraction of sp³-hybridized carbons (Fsp3) is 0.300. The molecule has 0 N–H and O–H groups in total. The Labute approximate surface area is 158 Å². The third-order valence-corrected chi connectivity index (χ3v) is 5.14. The molecule has 0 radical (unpaired) electrons. The van der Waals surface area contributed by atoms with E-state index in [1.54, 1.807) is 0 Å². The van der Waals surface area contributed by atoms with Crippen molar-refractivity contribution in [1.29, 1.82) is 0 Å². The van der Waals surface area contributed by atoms with Gasteiger partial charge in [0.05, 0.1) is 11.7 Å². The van der Waals surface area contributed by atoms with Crippen LogP contribution in [0.5, 0.6) is 5.88 Å². The molecular formula is C20H22N4OS. The minimum absolute atomic E-state index is 0.517. The van der Waals surface area contributed by atoms with Crippen molar-refractivity contribution in [2.75, 3.05) is 36.0 Å². The lowest BCUT2D eigenvalue weighted by atomic mass is 10.2. The van der Waals surface area contributed by atoms with Gasteiger partial charge in [0.2, 0.25) is 5.82 Å². The highest BCUT2D eigenvalue weighted by molar-refractivity contribution is 6.99. The van der Waals surface area contributed by atoms with E-state index in [-0.39, 0.29) is 0 Å². The molecule has 1 aromatic heterocycles. The summed E-state index contributed by atoms with van der Waals surface area (Å²) in [6, 6.07) is 18.9. The van der Waals surface area contributed by atoms with E-state index in [9.17, 15) is 0 Å². The molecule has 1 fully saturated rings. The monoisotopic (exact) mass is 366 g/mol. The van der Waals surface area contributed by atoms with Crippen molar-refractivity contribution in [2.45, 2.75) is 13.5 Å². The van der Waals surface area contributed by atoms with Crippen LogP contribution in [-0.4, -0.2) is 34.9 Å². The van der Waals surface area contributed by atoms with Gasteiger partial charge in [-0.05, 0) is 24.6 Å². The average Bonchev–Trinajstić information content (AvgIpc) is 3.17. The van der Waals surface area contributed by atoms with Gasteiger partial charge in [0, 0.05) is 31.9 Å². The molecule has 134 valence electrons. The summed E-state index contributed by atoms with van der Waals surface area (Å²) < 4.78 is 14.8. The van der Waals surface area contributed by atoms with Crippen LogP contribution in [0.15, 0.2) is 54.6 Å². The number of nitrogens with zero attached hydrogens (tertiary/aromatic N) is 4. The molecule has 1 aliphatic rings. The molecule has 0 spiro atoms. The Balaban J connectivity index is 1.37. The van der Waals surface area contributed by atoms with E-state index in [0.29, 0.717) is 12.5 Å². The Morgan fingerprint density at radius 2 is 1.58 bits per heavy atom. The van der Waals surface area contributed by atoms with Crippen molar-refractivity contribution in [3.05, 3.63) is 65.7 Å². The van der Waals surface area contributed by atoms with Crippen LogP contribution in [0.2, 0.25) is 0 Å². The number of anilines is 2. The Kier molecular flexibility index (Phi) is 5.02. The van der Waals surface area contributed by atoms with Crippen LogP contribution in [0.4, 0.5) is 11.5 Å². The molecule has 2 aromatic carbocycles. The molecule has 1 aliphatic heterocycles. The smallest absolute Gasteiger partial charge is 0.271 e. The van der Waals surface area contributed by atoms with Gasteiger partial charge in [0.15, 0.2) is 0 Å². The Bertz CT molecular complexity index is 827. The molecule has 0 bridgehead atoms. The minimum atomic E-state index is 0.517. The molecule has 0 atom stereocenters. The Morgan fingerprint density at radius 1 is 0.885 bits per heavy atom. The predicted octanol–water partition coefficient (Wildman–Crippen LogP) is 3.75. The van der Waals surface area contributed by atoms with Crippen LogP contribution in [0, 0.1) is 6.92 Å². The van der Waals surface area contributed by atoms with E-state index in [4.69, 9.17) is 4.74 Å². The topological polar surface area (TPSA) is 41.5 Å². The lowest BCUT2D eigenvalue weighted by molar-refractivity contribution is 0.296. The first-order valence-corrected chi connectivity index (χ1v) is 9.58. The lowest BCUT2D eigenvalue weighted by Gasteiger charge is -2.36. The summed E-state index contributed by atoms with van der Waals surface area (Å²) in [5.41, 5.74) is 3.67. The molecule has 3 aromatic rings. The molecule has 26 heavy (non-hydrogen) atoms. The molecule has 0 aliphatic carbocycles. The summed E-state index contributed by atoms with van der Waals surface area (Å²) >= 11 is 1.21. The number of hydrogen-bond acceptors (Lipinski definition) is 6. The van der Waals surface area contributed by atoms with Gasteiger partial charge in [-0.25, -0.2) is 0 Å². The first-order valence-electron chi connectivity index (χ1n) is 8.85. The van der Waals surface area contributed by atoms with E-state index >= 15 is 0 Å². The van der Waals surface area contributed by atoms with Crippen molar-refractivity contribution in [1.82, 2.24) is 8.75 Å². The Hall–Kier alpha value is -2.60. The zero-order valence-corrected chi connectivity index (χ0v) is 15.7. The summed E-state index contributed by atoms with van der Waals surface area (Å²) in [5, 5.41) is 0. The second-order valence-corrected chi connectivity index (χ2v) is 7.01. The quantitative estimate of drug-likeness (QED) is 0.688. The Morgan fingerprint density at radius 3 is 2.31 bits per heavy atom. The molecule has 2 heterocycles. The second kappa shape index (κ2) is 7.74. The third kappa shape index (κ3) is 3.80. The molecule has 5 nitrogen and oxygen atoms in total. The summed E-state index contributed by atoms with van der Waals surface area (Å²) in [7, 11) is 0. The maximum absolute atomic E-state index is 5.95. The zero-order valence-electron chi connectivity index (χ0n) is 14.8. The number of para-hydroxylation sites is 1. The maximum Gasteiger partial charge on any atom is 0.271 e. The number of hydrogen-bond donors (Lipinski definition) is 0. The lowest BCUT2D eigenvalue weighted by Crippen LogP contribution is -2.46. The fourth-order valence-electron chi connectivity index (χ4n) is 3.11. The highest BCUT2D eigenvalue weighted by atomic mass is 32.1. The van der Waals surface area contributed by atoms with Crippen molar-refractivity contribution in [2.24, 2.45) is 0 Å². The van der Waals surface area contributed by atoms with Gasteiger partial charge < -0.3 is 14.5 Å². The number of aromatic nitrogens is 2. The van der Waals surface area contributed by atoms with Crippen molar-refractivity contribution >= 4 is 23.2 Å². The van der Waals surface area contributed by atoms with Gasteiger partial charge >= 0.3 is 0 Å². The first-order chi connectivity index (χ1) is 12.8. The third-order valence-electron chi connectivity index (χ3n) is 4.64. The standard InChI is InChI=1S/C20H22N4OS/c1-16-7-9-17(10-8-16)15-25-20-19(21-26-22-20)24-13-11-23(12-14-24)18-5-3-2-4-6-18/h2-10H,11-15H2,1H3. The molecular weight excluding hydrogens is 344 g/mol. The van der Waals surface area contributed by atoms with Crippen LogP contribution >= 0.6 is 11.7 Å². The van der Waals surface area contributed by atoms with Crippen LogP contribution in [0.25, 0.3) is 0 Å². The molecule has 0 unspecified atom stereocenters. The largest absolute Gasteiger partial charge is 0.470 e. The van der Waals surface area contributed by atoms with Crippen LogP contribution in [-0.2, 0) is 6.61 Å². The maximum atomic E-state index is 5.95. The zero-order chi connectivity index (χ0) is 17.8. The number of piperazine rings is 1. The molecule has 0 amide bonds. The van der Waals surface area contributed by atoms with Gasteiger partial charge in [-0.15, -0.1) is 4.37 Å². The van der Waals surface area contributed by atoms with Gasteiger partial charge in [-0.1, -0.05) is 48.0 Å². The van der Waals surface area contributed by atoms with Crippen molar-refractivity contribution in [3.8, 4) is 5.88 Å². The summed E-state index contributed by atoms with van der Waals surface area (Å²) in [5.74, 6) is 1.51. The highest BCUT2D eigenvalue weighted by Gasteiger charge is 2.23. The van der Waals surface area contributed by atoms with Gasteiger partial charge in [0.1, 0.15) is 6.61 Å². The number of aryl methyl sites for hydroxylation is 1. The van der Waals surface area contributed by atoms with E-state index in [2.05, 4.69) is 80.1 Å². The number of benzene rings is 2. The molecule has 1 saturated heterocycles. The van der Waals surface area contributed by atoms with E-state index < -0.39 is 0 Å². The summed E-state index contributed by atoms with van der Waals surface area (Å²) in [4.78, 5) is 4.68. The average molecular weight is 366 g/mol. The van der Waals surface area contributed by atoms with Crippen LogP contribution < -0.4 is 14.5 Å². The first kappa shape index (κ1) is 16.8. The number of ether oxygens (including phenoxy) is 1. The SMILES string of the molecule is Cc1ccc(COc2nsnc2N2CCN(c3ccccc3)CC2)cc1. The van der Waals surface area contributed by atoms with Crippen molar-refractivity contribution in [3.63, 3.8) is 0 Å². The van der Waals surface area contributed by atoms with E-state index in [1.165, 1.54) is 23.0 Å².